The zero-order valence-electron chi connectivity index (χ0n) is 6.82. The normalized spacial score (nSPS) is 12.0. The summed E-state index contributed by atoms with van der Waals surface area (Å²) in [5, 5.41) is 3.26. The molecule has 0 saturated heterocycles. The lowest BCUT2D eigenvalue weighted by Gasteiger charge is -2.22. The lowest BCUT2D eigenvalue weighted by Crippen LogP contribution is -2.36. The second kappa shape index (κ2) is 4.18. The molecule has 9 heavy (non-hydrogen) atoms. The first-order valence-corrected chi connectivity index (χ1v) is 4.69. The van der Waals surface area contributed by atoms with E-state index in [2.05, 4.69) is 25.4 Å². The molecule has 0 aliphatic heterocycles. The van der Waals surface area contributed by atoms with Gasteiger partial charge < -0.3 is 5.32 Å². The van der Waals surface area contributed by atoms with Crippen LogP contribution in [0.25, 0.3) is 0 Å². The molecule has 0 heterocycles. The van der Waals surface area contributed by atoms with Crippen LogP contribution in [-0.2, 0) is 0 Å². The van der Waals surface area contributed by atoms with Crippen LogP contribution in [0, 0.1) is 0 Å². The van der Waals surface area contributed by atoms with Crippen molar-refractivity contribution in [2.24, 2.45) is 0 Å². The maximum absolute atomic E-state index is 3.26. The summed E-state index contributed by atoms with van der Waals surface area (Å²) >= 11 is 1.90. The molecule has 0 aromatic carbocycles. The van der Waals surface area contributed by atoms with E-state index in [-0.39, 0.29) is 0 Å². The summed E-state index contributed by atoms with van der Waals surface area (Å²) < 4.78 is 0. The van der Waals surface area contributed by atoms with E-state index in [4.69, 9.17) is 0 Å². The molecule has 56 valence electrons. The Hall–Kier alpha value is 0.310. The fourth-order valence-electron chi connectivity index (χ4n) is 0.482. The van der Waals surface area contributed by atoms with Gasteiger partial charge in [-0.3, -0.25) is 0 Å². The summed E-state index contributed by atoms with van der Waals surface area (Å²) in [6, 6.07) is 0. The van der Waals surface area contributed by atoms with Crippen molar-refractivity contribution in [2.75, 3.05) is 19.1 Å². The molecule has 0 saturated carbocycles. The van der Waals surface area contributed by atoms with Gasteiger partial charge in [0, 0.05) is 5.54 Å². The topological polar surface area (TPSA) is 12.0 Å². The van der Waals surface area contributed by atoms with Crippen molar-refractivity contribution in [3.63, 3.8) is 0 Å². The van der Waals surface area contributed by atoms with Gasteiger partial charge in [0.2, 0.25) is 0 Å². The molecule has 0 aromatic heterocycles. The standard InChI is InChI=1S/C7H17NS/c1-7(2,8-3)5-6-9-4/h8H,5-6H2,1-4H3. The van der Waals surface area contributed by atoms with Crippen LogP contribution >= 0.6 is 11.8 Å². The molecular formula is C7H17NS. The zero-order chi connectivity index (χ0) is 7.33. The number of rotatable bonds is 4. The Morgan fingerprint density at radius 1 is 1.44 bits per heavy atom. The van der Waals surface area contributed by atoms with Gasteiger partial charge >= 0.3 is 0 Å². The SMILES string of the molecule is CNC(C)(C)CCSC. The fraction of sp³-hybridized carbons (Fsp3) is 1.00. The van der Waals surface area contributed by atoms with Crippen LogP contribution in [-0.4, -0.2) is 24.6 Å². The van der Waals surface area contributed by atoms with Crippen molar-refractivity contribution in [3.05, 3.63) is 0 Å². The maximum atomic E-state index is 3.26. The molecular weight excluding hydrogens is 130 g/mol. The molecule has 0 aliphatic rings. The van der Waals surface area contributed by atoms with E-state index in [1.54, 1.807) is 0 Å². The van der Waals surface area contributed by atoms with Crippen LogP contribution in [0.3, 0.4) is 0 Å². The summed E-state index contributed by atoms with van der Waals surface area (Å²) in [6.07, 6.45) is 3.39. The summed E-state index contributed by atoms with van der Waals surface area (Å²) in [5.41, 5.74) is 0.322. The fourth-order valence-corrected chi connectivity index (χ4v) is 1.20. The Kier molecular flexibility index (Phi) is 4.32. The quantitative estimate of drug-likeness (QED) is 0.650. The molecule has 0 amide bonds. The lowest BCUT2D eigenvalue weighted by atomic mass is 10.0. The van der Waals surface area contributed by atoms with Gasteiger partial charge in [-0.2, -0.15) is 11.8 Å². The highest BCUT2D eigenvalue weighted by Gasteiger charge is 2.12. The number of thioether (sulfide) groups is 1. The molecule has 2 heteroatoms. The smallest absolute Gasteiger partial charge is 0.0130 e. The molecule has 0 spiro atoms. The average Bonchev–Trinajstić information content (AvgIpc) is 1.84. The van der Waals surface area contributed by atoms with E-state index in [1.165, 1.54) is 12.2 Å². The first-order chi connectivity index (χ1) is 4.12. The van der Waals surface area contributed by atoms with Gasteiger partial charge in [0.1, 0.15) is 0 Å². The van der Waals surface area contributed by atoms with Crippen molar-refractivity contribution in [2.45, 2.75) is 25.8 Å². The molecule has 0 unspecified atom stereocenters. The highest BCUT2D eigenvalue weighted by atomic mass is 32.2. The van der Waals surface area contributed by atoms with Crippen molar-refractivity contribution < 1.29 is 0 Å². The molecule has 1 N–H and O–H groups in total. The van der Waals surface area contributed by atoms with Crippen molar-refractivity contribution in [1.82, 2.24) is 5.32 Å². The van der Waals surface area contributed by atoms with E-state index in [1.807, 2.05) is 18.8 Å². The summed E-state index contributed by atoms with van der Waals surface area (Å²) in [7, 11) is 2.01. The van der Waals surface area contributed by atoms with E-state index >= 15 is 0 Å². The number of hydrogen-bond acceptors (Lipinski definition) is 2. The van der Waals surface area contributed by atoms with Gasteiger partial charge in [-0.15, -0.1) is 0 Å². The second-order valence-corrected chi connectivity index (χ2v) is 3.86. The molecule has 0 aromatic rings. The maximum Gasteiger partial charge on any atom is 0.0130 e. The van der Waals surface area contributed by atoms with Gasteiger partial charge in [0.15, 0.2) is 0 Å². The van der Waals surface area contributed by atoms with E-state index in [9.17, 15) is 0 Å². The van der Waals surface area contributed by atoms with Crippen LogP contribution in [0.15, 0.2) is 0 Å². The van der Waals surface area contributed by atoms with Gasteiger partial charge in [-0.05, 0) is 39.3 Å². The van der Waals surface area contributed by atoms with Gasteiger partial charge in [-0.25, -0.2) is 0 Å². The van der Waals surface area contributed by atoms with Crippen LogP contribution in [0.5, 0.6) is 0 Å². The minimum absolute atomic E-state index is 0.322. The van der Waals surface area contributed by atoms with Crippen LogP contribution in [0.4, 0.5) is 0 Å². The average molecular weight is 147 g/mol. The first-order valence-electron chi connectivity index (χ1n) is 3.30. The molecule has 0 bridgehead atoms. The Morgan fingerprint density at radius 2 is 2.00 bits per heavy atom. The molecule has 0 aliphatic carbocycles. The van der Waals surface area contributed by atoms with Crippen molar-refractivity contribution in [1.29, 1.82) is 0 Å². The second-order valence-electron chi connectivity index (χ2n) is 2.88. The van der Waals surface area contributed by atoms with Gasteiger partial charge in [0.05, 0.1) is 0 Å². The van der Waals surface area contributed by atoms with E-state index in [0.717, 1.165) is 0 Å². The highest BCUT2D eigenvalue weighted by molar-refractivity contribution is 7.98. The minimum Gasteiger partial charge on any atom is -0.315 e. The van der Waals surface area contributed by atoms with Gasteiger partial charge in [0.25, 0.3) is 0 Å². The third kappa shape index (κ3) is 4.79. The summed E-state index contributed by atoms with van der Waals surface area (Å²) in [4.78, 5) is 0. The Balaban J connectivity index is 3.33. The third-order valence-corrected chi connectivity index (χ3v) is 2.22. The van der Waals surface area contributed by atoms with Gasteiger partial charge in [-0.1, -0.05) is 0 Å². The van der Waals surface area contributed by atoms with Crippen LogP contribution in [0.2, 0.25) is 0 Å². The number of nitrogens with one attached hydrogen (secondary N) is 1. The Bertz CT molecular complexity index is 71.3. The monoisotopic (exact) mass is 147 g/mol. The summed E-state index contributed by atoms with van der Waals surface area (Å²) in [6.45, 7) is 4.45. The molecule has 0 rings (SSSR count). The highest BCUT2D eigenvalue weighted by Crippen LogP contribution is 2.10. The Morgan fingerprint density at radius 3 is 2.33 bits per heavy atom. The van der Waals surface area contributed by atoms with E-state index < -0.39 is 0 Å². The predicted octanol–water partition coefficient (Wildman–Crippen LogP) is 1.74. The number of hydrogen-bond donors (Lipinski definition) is 1. The summed E-state index contributed by atoms with van der Waals surface area (Å²) in [5.74, 6) is 1.24. The van der Waals surface area contributed by atoms with Crippen molar-refractivity contribution in [3.8, 4) is 0 Å². The zero-order valence-corrected chi connectivity index (χ0v) is 7.64. The molecule has 0 radical (unpaired) electrons. The van der Waals surface area contributed by atoms with E-state index in [0.29, 0.717) is 5.54 Å². The lowest BCUT2D eigenvalue weighted by molar-refractivity contribution is 0.414. The Labute approximate surface area is 62.6 Å². The first kappa shape index (κ1) is 9.31. The predicted molar refractivity (Wildman–Crippen MR) is 46.1 cm³/mol. The minimum atomic E-state index is 0.322. The third-order valence-electron chi connectivity index (χ3n) is 1.61. The molecule has 0 atom stereocenters. The van der Waals surface area contributed by atoms with Crippen LogP contribution < -0.4 is 5.32 Å². The van der Waals surface area contributed by atoms with Crippen molar-refractivity contribution >= 4 is 11.8 Å². The molecule has 0 fully saturated rings. The molecule has 1 nitrogen and oxygen atoms in total. The van der Waals surface area contributed by atoms with Crippen LogP contribution in [0.1, 0.15) is 20.3 Å². The largest absolute Gasteiger partial charge is 0.315 e.